The second-order valence-electron chi connectivity index (χ2n) is 5.92. The number of carboxylic acid groups (broad SMARTS) is 1. The smallest absolute Gasteiger partial charge is 0.230 e. The molecule has 1 atom stereocenters. The van der Waals surface area contributed by atoms with E-state index in [2.05, 4.69) is 5.32 Å². The maximum atomic E-state index is 12.1. The van der Waals surface area contributed by atoms with Crippen molar-refractivity contribution in [2.45, 2.75) is 12.5 Å². The molecule has 4 N–H and O–H groups in total. The Morgan fingerprint density at radius 3 is 2.72 bits per heavy atom. The number of carboxylic acids is 1. The largest absolute Gasteiger partial charge is 0.544 e. The van der Waals surface area contributed by atoms with Crippen molar-refractivity contribution in [1.82, 2.24) is 0 Å². The number of nitrogens with two attached hydrogens (primary N) is 1. The molecule has 1 amide bonds. The highest BCUT2D eigenvalue weighted by molar-refractivity contribution is 6.43. The maximum absolute atomic E-state index is 12.1. The monoisotopic (exact) mass is 390 g/mol. The molecule has 25 heavy (non-hydrogen) atoms. The highest BCUT2D eigenvalue weighted by atomic mass is 35.5. The number of carbonyl (C=O) groups excluding carboxylic acids is 2. The van der Waals surface area contributed by atoms with Gasteiger partial charge in [-0.25, -0.2) is 0 Å². The Bertz CT molecular complexity index is 609. The number of carbonyl (C=O) groups is 2. The summed E-state index contributed by atoms with van der Waals surface area (Å²) in [6.07, 6.45) is -0.205. The minimum absolute atomic E-state index is 0.205. The molecule has 1 saturated heterocycles. The lowest BCUT2D eigenvalue weighted by atomic mass is 10.2. The van der Waals surface area contributed by atoms with E-state index in [0.29, 0.717) is 17.3 Å². The molecule has 1 aromatic carbocycles. The third kappa shape index (κ3) is 6.45. The van der Waals surface area contributed by atoms with E-state index < -0.39 is 17.9 Å². The van der Waals surface area contributed by atoms with Crippen molar-refractivity contribution in [2.75, 3.05) is 44.7 Å². The fourth-order valence-electron chi connectivity index (χ4n) is 2.66. The molecule has 0 unspecified atom stereocenters. The lowest BCUT2D eigenvalue weighted by molar-refractivity contribution is -0.920. The molecule has 7 nitrogen and oxygen atoms in total. The Kier molecular flexibility index (Phi) is 7.92. The van der Waals surface area contributed by atoms with E-state index in [1.165, 1.54) is 4.90 Å². The van der Waals surface area contributed by atoms with Crippen LogP contribution in [0.4, 0.5) is 5.69 Å². The van der Waals surface area contributed by atoms with E-state index in [9.17, 15) is 14.7 Å². The first-order valence-electron chi connectivity index (χ1n) is 8.16. The highest BCUT2D eigenvalue weighted by Crippen LogP contribution is 2.29. The number of nitrogens with one attached hydrogen (secondary N) is 2. The van der Waals surface area contributed by atoms with Crippen molar-refractivity contribution < 1.29 is 29.6 Å². The number of hydrogen-bond acceptors (Lipinski definition) is 4. The van der Waals surface area contributed by atoms with Crippen molar-refractivity contribution in [3.63, 3.8) is 0 Å². The van der Waals surface area contributed by atoms with Crippen LogP contribution in [0.3, 0.4) is 0 Å². The number of hydrogen-bond donors (Lipinski definition) is 3. The number of anilines is 1. The Labute approximate surface area is 156 Å². The molecule has 138 valence electrons. The average Bonchev–Trinajstić information content (AvgIpc) is 2.59. The van der Waals surface area contributed by atoms with Gasteiger partial charge in [0.25, 0.3) is 0 Å². The van der Waals surface area contributed by atoms with Crippen LogP contribution in [0.1, 0.15) is 6.42 Å². The lowest BCUT2D eigenvalue weighted by Gasteiger charge is -2.24. The number of benzene rings is 1. The van der Waals surface area contributed by atoms with Crippen molar-refractivity contribution >= 4 is 40.8 Å². The molecule has 0 aromatic heterocycles. The van der Waals surface area contributed by atoms with E-state index in [1.54, 1.807) is 23.5 Å². The van der Waals surface area contributed by atoms with Gasteiger partial charge in [-0.05, 0) is 12.1 Å². The number of rotatable bonds is 8. The fourth-order valence-corrected chi connectivity index (χ4v) is 3.01. The van der Waals surface area contributed by atoms with Gasteiger partial charge in [-0.2, -0.15) is 0 Å². The zero-order chi connectivity index (χ0) is 18.2. The van der Waals surface area contributed by atoms with Gasteiger partial charge in [0, 0.05) is 0 Å². The number of morpholine rings is 1. The SMILES string of the molecule is O=C(C[C@@H]([NH2+]CC[NH+]1CCOCC1)C(=O)[O-])Nc1cccc(Cl)c1Cl. The summed E-state index contributed by atoms with van der Waals surface area (Å²) in [5.41, 5.74) is 0.356. The average molecular weight is 391 g/mol. The molecule has 9 heteroatoms. The van der Waals surface area contributed by atoms with Crippen LogP contribution in [0.25, 0.3) is 0 Å². The summed E-state index contributed by atoms with van der Waals surface area (Å²) in [5.74, 6) is -1.71. The van der Waals surface area contributed by atoms with Gasteiger partial charge in [-0.1, -0.05) is 29.3 Å². The second kappa shape index (κ2) is 9.94. The summed E-state index contributed by atoms with van der Waals surface area (Å²) < 4.78 is 5.28. The molecule has 1 fully saturated rings. The first-order valence-corrected chi connectivity index (χ1v) is 8.92. The molecule has 1 aliphatic rings. The van der Waals surface area contributed by atoms with Gasteiger partial charge < -0.3 is 30.2 Å². The summed E-state index contributed by atoms with van der Waals surface area (Å²) >= 11 is 11.9. The molecule has 2 rings (SSSR count). The van der Waals surface area contributed by atoms with Crippen molar-refractivity contribution in [2.24, 2.45) is 0 Å². The second-order valence-corrected chi connectivity index (χ2v) is 6.70. The Balaban J connectivity index is 1.82. The standard InChI is InChI=1S/C16H21Cl2N3O4/c17-11-2-1-3-12(15(11)18)20-14(22)10-13(16(23)24)19-4-5-21-6-8-25-9-7-21/h1-3,13,19H,4-10H2,(H,20,22)(H,23,24)/p+1/t13-/m1/s1. The summed E-state index contributed by atoms with van der Waals surface area (Å²) in [4.78, 5) is 24.8. The normalized spacial score (nSPS) is 16.4. The zero-order valence-electron chi connectivity index (χ0n) is 13.7. The van der Waals surface area contributed by atoms with E-state index in [4.69, 9.17) is 27.9 Å². The van der Waals surface area contributed by atoms with Gasteiger partial charge in [-0.3, -0.25) is 4.79 Å². The minimum atomic E-state index is -1.26. The Morgan fingerprint density at radius 1 is 1.32 bits per heavy atom. The summed E-state index contributed by atoms with van der Waals surface area (Å²) in [5, 5.41) is 16.1. The molecule has 1 heterocycles. The molecule has 1 aliphatic heterocycles. The molecular formula is C16H22Cl2N3O4+. The van der Waals surface area contributed by atoms with Crippen LogP contribution in [-0.4, -0.2) is 57.3 Å². The topological polar surface area (TPSA) is 99.5 Å². The number of aliphatic carboxylic acids is 1. The molecule has 1 aromatic rings. The first-order chi connectivity index (χ1) is 12.0. The third-order valence-corrected chi connectivity index (χ3v) is 4.90. The fraction of sp³-hybridized carbons (Fsp3) is 0.500. The van der Waals surface area contributed by atoms with Crippen molar-refractivity contribution in [1.29, 1.82) is 0 Å². The quantitative estimate of drug-likeness (QED) is 0.474. The van der Waals surface area contributed by atoms with Crippen LogP contribution in [-0.2, 0) is 14.3 Å². The van der Waals surface area contributed by atoms with Gasteiger partial charge in [-0.15, -0.1) is 0 Å². The van der Waals surface area contributed by atoms with Gasteiger partial charge in [0.2, 0.25) is 5.91 Å². The van der Waals surface area contributed by atoms with Gasteiger partial charge >= 0.3 is 0 Å². The van der Waals surface area contributed by atoms with Crippen LogP contribution >= 0.6 is 23.2 Å². The summed E-state index contributed by atoms with van der Waals surface area (Å²) in [6.45, 7) is 4.69. The van der Waals surface area contributed by atoms with Gasteiger partial charge in [0.1, 0.15) is 32.2 Å². The molecule has 0 radical (unpaired) electrons. The van der Waals surface area contributed by atoms with E-state index in [-0.39, 0.29) is 11.4 Å². The highest BCUT2D eigenvalue weighted by Gasteiger charge is 2.21. The van der Waals surface area contributed by atoms with Crippen LogP contribution in [0.5, 0.6) is 0 Å². The van der Waals surface area contributed by atoms with E-state index in [0.717, 1.165) is 32.8 Å². The van der Waals surface area contributed by atoms with E-state index in [1.807, 2.05) is 0 Å². The summed E-state index contributed by atoms with van der Waals surface area (Å²) in [6, 6.07) is 3.91. The number of amides is 1. The van der Waals surface area contributed by atoms with Crippen LogP contribution in [0.15, 0.2) is 18.2 Å². The van der Waals surface area contributed by atoms with Gasteiger partial charge in [0.05, 0.1) is 41.3 Å². The van der Waals surface area contributed by atoms with Crippen molar-refractivity contribution in [3.05, 3.63) is 28.2 Å². The molecular weight excluding hydrogens is 369 g/mol. The van der Waals surface area contributed by atoms with Crippen LogP contribution in [0.2, 0.25) is 10.0 Å². The van der Waals surface area contributed by atoms with Crippen LogP contribution in [0, 0.1) is 0 Å². The number of ether oxygens (including phenoxy) is 1. The first kappa shape index (κ1) is 19.9. The Morgan fingerprint density at radius 2 is 2.04 bits per heavy atom. The summed E-state index contributed by atoms with van der Waals surface area (Å²) in [7, 11) is 0. The molecule has 0 saturated carbocycles. The van der Waals surface area contributed by atoms with Gasteiger partial charge in [0.15, 0.2) is 0 Å². The van der Waals surface area contributed by atoms with E-state index >= 15 is 0 Å². The molecule has 0 bridgehead atoms. The third-order valence-electron chi connectivity index (χ3n) is 4.08. The molecule has 0 spiro atoms. The number of halogens is 2. The Hall–Kier alpha value is -1.38. The van der Waals surface area contributed by atoms with Crippen LogP contribution < -0.4 is 20.6 Å². The molecule has 0 aliphatic carbocycles. The predicted molar refractivity (Wildman–Crippen MR) is 91.7 cm³/mol. The maximum Gasteiger partial charge on any atom is 0.230 e. The van der Waals surface area contributed by atoms with Crippen molar-refractivity contribution in [3.8, 4) is 0 Å². The predicted octanol–water partition coefficient (Wildman–Crippen LogP) is -2.08. The lowest BCUT2D eigenvalue weighted by Crippen LogP contribution is -3.17. The zero-order valence-corrected chi connectivity index (χ0v) is 15.2. The minimum Gasteiger partial charge on any atom is -0.544 e. The number of quaternary nitrogens is 2.